The molecule has 1 aromatic rings. The fraction of sp³-hybridized carbons (Fsp3) is 0.600. The molecule has 0 bridgehead atoms. The molecule has 0 aliphatic carbocycles. The Morgan fingerprint density at radius 3 is 1.64 bits per heavy atom. The number of esters is 2. The molecule has 0 spiro atoms. The van der Waals surface area contributed by atoms with E-state index in [4.69, 9.17) is 34.2 Å². The zero-order valence-corrected chi connectivity index (χ0v) is 22.1. The second-order valence-electron chi connectivity index (χ2n) is 9.07. The van der Waals surface area contributed by atoms with Gasteiger partial charge in [0.2, 0.25) is 0 Å². The van der Waals surface area contributed by atoms with Crippen molar-refractivity contribution in [3.05, 3.63) is 23.8 Å². The number of carbonyl (C=O) groups is 4. The van der Waals surface area contributed by atoms with Crippen LogP contribution in [0.25, 0.3) is 0 Å². The molecule has 0 fully saturated rings. The summed E-state index contributed by atoms with van der Waals surface area (Å²) in [6.45, 7) is 13.2. The van der Waals surface area contributed by atoms with Crippen LogP contribution in [0.15, 0.2) is 18.2 Å². The van der Waals surface area contributed by atoms with Gasteiger partial charge in [0, 0.05) is 0 Å². The molecule has 3 atom stereocenters. The number of ether oxygens (including phenoxy) is 6. The number of benzene rings is 1. The Hall–Kier alpha value is -3.34. The smallest absolute Gasteiger partial charge is 0.459 e. The lowest BCUT2D eigenvalue weighted by molar-refractivity contribution is -0.168. The van der Waals surface area contributed by atoms with Crippen LogP contribution < -0.4 is 15.2 Å². The van der Waals surface area contributed by atoms with Gasteiger partial charge in [0.05, 0.1) is 18.1 Å². The lowest BCUT2D eigenvalue weighted by Crippen LogP contribution is -2.39. The maximum atomic E-state index is 12.5. The molecule has 0 heterocycles. The van der Waals surface area contributed by atoms with Gasteiger partial charge in [-0.15, -0.1) is 0 Å². The predicted octanol–water partition coefficient (Wildman–Crippen LogP) is 3.92. The van der Waals surface area contributed by atoms with Gasteiger partial charge < -0.3 is 34.2 Å². The quantitative estimate of drug-likeness (QED) is 0.261. The summed E-state index contributed by atoms with van der Waals surface area (Å²) >= 11 is 0. The van der Waals surface area contributed by atoms with Crippen molar-refractivity contribution in [3.63, 3.8) is 0 Å². The molecule has 1 aromatic carbocycles. The maximum Gasteiger partial charge on any atom is 0.514 e. The van der Waals surface area contributed by atoms with Gasteiger partial charge in [0.1, 0.15) is 18.2 Å². The van der Waals surface area contributed by atoms with Crippen LogP contribution in [-0.2, 0) is 35.0 Å². The van der Waals surface area contributed by atoms with Gasteiger partial charge >= 0.3 is 24.2 Å². The Morgan fingerprint density at radius 1 is 0.694 bits per heavy atom. The van der Waals surface area contributed by atoms with Crippen molar-refractivity contribution in [2.24, 2.45) is 11.7 Å². The van der Waals surface area contributed by atoms with E-state index in [9.17, 15) is 19.2 Å². The summed E-state index contributed by atoms with van der Waals surface area (Å²) in [5.41, 5.74) is 6.51. The molecule has 0 aliphatic heterocycles. The van der Waals surface area contributed by atoms with E-state index in [-0.39, 0.29) is 23.8 Å². The Kier molecular flexibility index (Phi) is 12.2. The summed E-state index contributed by atoms with van der Waals surface area (Å²) in [6, 6.07) is 3.24. The monoisotopic (exact) mass is 511 g/mol. The third-order valence-electron chi connectivity index (χ3n) is 4.55. The molecular weight excluding hydrogens is 474 g/mol. The third-order valence-corrected chi connectivity index (χ3v) is 4.55. The van der Waals surface area contributed by atoms with E-state index in [0.717, 1.165) is 0 Å². The lowest BCUT2D eigenvalue weighted by atomic mass is 10.1. The van der Waals surface area contributed by atoms with Crippen molar-refractivity contribution >= 4 is 24.2 Å². The van der Waals surface area contributed by atoms with Crippen LogP contribution in [0.3, 0.4) is 0 Å². The summed E-state index contributed by atoms with van der Waals surface area (Å²) in [4.78, 5) is 48.2. The average molecular weight is 512 g/mol. The second kappa shape index (κ2) is 14.3. The number of hydrogen-bond acceptors (Lipinski definition) is 11. The molecule has 0 aliphatic rings. The van der Waals surface area contributed by atoms with Gasteiger partial charge in [-0.2, -0.15) is 0 Å². The normalized spacial score (nSPS) is 13.6. The van der Waals surface area contributed by atoms with E-state index >= 15 is 0 Å². The lowest BCUT2D eigenvalue weighted by Gasteiger charge is -2.23. The third kappa shape index (κ3) is 10.9. The van der Waals surface area contributed by atoms with E-state index in [2.05, 4.69) is 0 Å². The molecule has 0 radical (unpaired) electrons. The topological polar surface area (TPSA) is 150 Å². The van der Waals surface area contributed by atoms with Crippen LogP contribution in [0.5, 0.6) is 11.5 Å². The van der Waals surface area contributed by atoms with Crippen LogP contribution in [0, 0.1) is 5.92 Å². The van der Waals surface area contributed by atoms with Gasteiger partial charge in [-0.1, -0.05) is 19.9 Å². The summed E-state index contributed by atoms with van der Waals surface area (Å²) in [7, 11) is 0. The SMILES string of the molecule is CC(C)OC(=O)Oc1ccc(C[C@H](N)C(=O)O[C@@H](C)[C@H](C)OC(=O)C(C)C)cc1OC(=O)OC(C)C. The highest BCUT2D eigenvalue weighted by Gasteiger charge is 2.26. The van der Waals surface area contributed by atoms with E-state index in [1.54, 1.807) is 61.5 Å². The Balaban J connectivity index is 2.94. The van der Waals surface area contributed by atoms with Crippen molar-refractivity contribution in [2.45, 2.75) is 92.3 Å². The van der Waals surface area contributed by atoms with Crippen molar-refractivity contribution in [1.82, 2.24) is 0 Å². The van der Waals surface area contributed by atoms with E-state index < -0.39 is 54.7 Å². The molecular formula is C25H37NO10. The molecule has 36 heavy (non-hydrogen) atoms. The van der Waals surface area contributed by atoms with Crippen molar-refractivity contribution in [3.8, 4) is 11.5 Å². The molecule has 11 heteroatoms. The number of carbonyl (C=O) groups excluding carboxylic acids is 4. The molecule has 202 valence electrons. The fourth-order valence-electron chi connectivity index (χ4n) is 2.57. The number of nitrogens with two attached hydrogens (primary N) is 1. The van der Waals surface area contributed by atoms with Gasteiger partial charge in [-0.3, -0.25) is 9.59 Å². The van der Waals surface area contributed by atoms with E-state index in [1.807, 2.05) is 0 Å². The molecule has 11 nitrogen and oxygen atoms in total. The summed E-state index contributed by atoms with van der Waals surface area (Å²) in [6.07, 6.45) is -4.23. The standard InChI is InChI=1S/C25H37NO10/c1-13(2)22(27)33-16(7)17(8)34-23(28)19(26)11-18-9-10-20(35-24(29)31-14(3)4)21(12-18)36-25(30)32-15(5)6/h9-10,12-17,19H,11,26H2,1-8H3/t16-,17-,19-/m0/s1. The molecule has 2 N–H and O–H groups in total. The Bertz CT molecular complexity index is 912. The van der Waals surface area contributed by atoms with Crippen LogP contribution in [0.4, 0.5) is 9.59 Å². The highest BCUT2D eigenvalue weighted by Crippen LogP contribution is 2.30. The van der Waals surface area contributed by atoms with Crippen LogP contribution in [0.1, 0.15) is 61.0 Å². The Morgan fingerprint density at radius 2 is 1.17 bits per heavy atom. The molecule has 1 rings (SSSR count). The highest BCUT2D eigenvalue weighted by atomic mass is 16.7. The average Bonchev–Trinajstić information content (AvgIpc) is 2.73. The second-order valence-corrected chi connectivity index (χ2v) is 9.07. The van der Waals surface area contributed by atoms with E-state index in [1.165, 1.54) is 12.1 Å². The van der Waals surface area contributed by atoms with Crippen LogP contribution >= 0.6 is 0 Å². The summed E-state index contributed by atoms with van der Waals surface area (Å²) in [5, 5.41) is 0. The molecule has 0 unspecified atom stereocenters. The minimum atomic E-state index is -1.08. The van der Waals surface area contributed by atoms with Crippen LogP contribution in [0.2, 0.25) is 0 Å². The molecule has 0 saturated carbocycles. The molecule has 0 saturated heterocycles. The predicted molar refractivity (Wildman–Crippen MR) is 129 cm³/mol. The van der Waals surface area contributed by atoms with Crippen molar-refractivity contribution in [2.75, 3.05) is 0 Å². The number of rotatable bonds is 11. The van der Waals surface area contributed by atoms with Crippen LogP contribution in [-0.4, -0.2) is 54.7 Å². The zero-order chi connectivity index (χ0) is 27.6. The first kappa shape index (κ1) is 30.7. The molecule has 0 aromatic heterocycles. The first-order valence-electron chi connectivity index (χ1n) is 11.8. The number of hydrogen-bond donors (Lipinski definition) is 1. The zero-order valence-electron chi connectivity index (χ0n) is 22.1. The van der Waals surface area contributed by atoms with Gasteiger partial charge in [0.25, 0.3) is 0 Å². The highest BCUT2D eigenvalue weighted by molar-refractivity contribution is 5.76. The van der Waals surface area contributed by atoms with Crippen molar-refractivity contribution in [1.29, 1.82) is 0 Å². The minimum absolute atomic E-state index is 0.0119. The first-order chi connectivity index (χ1) is 16.7. The maximum absolute atomic E-state index is 12.5. The largest absolute Gasteiger partial charge is 0.514 e. The minimum Gasteiger partial charge on any atom is -0.459 e. The molecule has 0 amide bonds. The fourth-order valence-corrected chi connectivity index (χ4v) is 2.57. The summed E-state index contributed by atoms with van der Waals surface area (Å²) in [5.74, 6) is -1.64. The first-order valence-corrected chi connectivity index (χ1v) is 11.8. The van der Waals surface area contributed by atoms with E-state index in [0.29, 0.717) is 5.56 Å². The van der Waals surface area contributed by atoms with Gasteiger partial charge in [-0.25, -0.2) is 9.59 Å². The Labute approximate surface area is 211 Å². The van der Waals surface area contributed by atoms with Gasteiger partial charge in [0.15, 0.2) is 11.5 Å². The van der Waals surface area contributed by atoms with Crippen molar-refractivity contribution < 1.29 is 47.6 Å². The van der Waals surface area contributed by atoms with Gasteiger partial charge in [-0.05, 0) is 65.7 Å². The summed E-state index contributed by atoms with van der Waals surface area (Å²) < 4.78 is 30.9.